The molecule has 1 aromatic carbocycles. The fourth-order valence-corrected chi connectivity index (χ4v) is 1.76. The van der Waals surface area contributed by atoms with Gasteiger partial charge in [0.2, 0.25) is 5.91 Å². The second kappa shape index (κ2) is 5.87. The average molecular weight is 263 g/mol. The summed E-state index contributed by atoms with van der Waals surface area (Å²) in [5.41, 5.74) is 1.36. The van der Waals surface area contributed by atoms with Crippen molar-refractivity contribution < 1.29 is 14.7 Å². The van der Waals surface area contributed by atoms with E-state index in [0.717, 1.165) is 11.3 Å². The van der Waals surface area contributed by atoms with Crippen LogP contribution in [0.25, 0.3) is 0 Å². The molecule has 1 N–H and O–H groups in total. The lowest BCUT2D eigenvalue weighted by atomic mass is 9.94. The smallest absolute Gasteiger partial charge is 0.303 e. The molecule has 104 valence electrons. The van der Waals surface area contributed by atoms with Crippen LogP contribution < -0.4 is 4.90 Å². The monoisotopic (exact) mass is 263 g/mol. The van der Waals surface area contributed by atoms with Gasteiger partial charge in [-0.25, -0.2) is 0 Å². The second-order valence-electron chi connectivity index (χ2n) is 5.67. The third-order valence-corrected chi connectivity index (χ3v) is 2.90. The van der Waals surface area contributed by atoms with Gasteiger partial charge in [-0.1, -0.05) is 32.9 Å². The molecule has 0 saturated carbocycles. The molecule has 0 fully saturated rings. The zero-order valence-electron chi connectivity index (χ0n) is 11.9. The van der Waals surface area contributed by atoms with E-state index in [9.17, 15) is 9.59 Å². The number of aryl methyl sites for hydroxylation is 1. The van der Waals surface area contributed by atoms with Gasteiger partial charge in [-0.05, 0) is 24.1 Å². The van der Waals surface area contributed by atoms with E-state index in [1.54, 1.807) is 11.9 Å². The summed E-state index contributed by atoms with van der Waals surface area (Å²) in [7, 11) is 1.75. The van der Waals surface area contributed by atoms with Crippen molar-refractivity contribution in [2.45, 2.75) is 33.6 Å². The maximum Gasteiger partial charge on any atom is 0.303 e. The Kier molecular flexibility index (Phi) is 4.70. The molecule has 1 aromatic rings. The summed E-state index contributed by atoms with van der Waals surface area (Å²) in [5.74, 6) is -0.755. The molecule has 19 heavy (non-hydrogen) atoms. The molecule has 0 aromatic heterocycles. The summed E-state index contributed by atoms with van der Waals surface area (Å²) in [6.45, 7) is 5.65. The van der Waals surface area contributed by atoms with Gasteiger partial charge in [0.05, 0.1) is 0 Å². The lowest BCUT2D eigenvalue weighted by Gasteiger charge is -2.26. The fourth-order valence-electron chi connectivity index (χ4n) is 1.76. The molecule has 1 rings (SSSR count). The highest BCUT2D eigenvalue weighted by molar-refractivity contribution is 5.96. The number of carbonyl (C=O) groups is 2. The molecular formula is C15H21NO3. The predicted molar refractivity (Wildman–Crippen MR) is 75.3 cm³/mol. The van der Waals surface area contributed by atoms with E-state index in [0.29, 0.717) is 6.42 Å². The Labute approximate surface area is 114 Å². The molecule has 4 heteroatoms. The van der Waals surface area contributed by atoms with Gasteiger partial charge in [0.1, 0.15) is 0 Å². The number of aliphatic carboxylic acids is 1. The third-order valence-electron chi connectivity index (χ3n) is 2.90. The highest BCUT2D eigenvalue weighted by Gasteiger charge is 2.25. The van der Waals surface area contributed by atoms with E-state index in [4.69, 9.17) is 5.11 Å². The molecule has 0 atom stereocenters. The molecule has 0 bridgehead atoms. The van der Waals surface area contributed by atoms with Crippen molar-refractivity contribution in [3.8, 4) is 0 Å². The summed E-state index contributed by atoms with van der Waals surface area (Å²) in [6, 6.07) is 7.43. The Balaban J connectivity index is 2.76. The van der Waals surface area contributed by atoms with E-state index < -0.39 is 11.4 Å². The van der Waals surface area contributed by atoms with Crippen molar-refractivity contribution in [1.82, 2.24) is 0 Å². The summed E-state index contributed by atoms with van der Waals surface area (Å²) in [5, 5.41) is 8.63. The molecule has 0 aliphatic rings. The van der Waals surface area contributed by atoms with Crippen LogP contribution in [0.5, 0.6) is 0 Å². The highest BCUT2D eigenvalue weighted by Crippen LogP contribution is 2.22. The van der Waals surface area contributed by atoms with Crippen LogP contribution in [0.4, 0.5) is 5.69 Å². The number of hydrogen-bond donors (Lipinski definition) is 1. The summed E-state index contributed by atoms with van der Waals surface area (Å²) in [6.07, 6.45) is 0.628. The first-order valence-corrected chi connectivity index (χ1v) is 6.30. The average Bonchev–Trinajstić information content (AvgIpc) is 2.34. The quantitative estimate of drug-likeness (QED) is 0.908. The number of anilines is 1. The molecular weight excluding hydrogens is 242 g/mol. The van der Waals surface area contributed by atoms with Crippen LogP contribution in [0, 0.1) is 5.41 Å². The number of carbonyl (C=O) groups excluding carboxylic acids is 1. The third kappa shape index (κ3) is 4.39. The lowest BCUT2D eigenvalue weighted by molar-refractivity contribution is -0.137. The molecule has 0 unspecified atom stereocenters. The van der Waals surface area contributed by atoms with Gasteiger partial charge in [-0.15, -0.1) is 0 Å². The van der Waals surface area contributed by atoms with Gasteiger partial charge >= 0.3 is 5.97 Å². The molecule has 0 spiro atoms. The summed E-state index contributed by atoms with van der Waals surface area (Å²) in [4.78, 5) is 24.2. The first-order chi connectivity index (χ1) is 8.71. The molecule has 0 heterocycles. The Morgan fingerprint density at radius 2 is 1.68 bits per heavy atom. The predicted octanol–water partition coefficient (Wildman–Crippen LogP) is 2.71. The Morgan fingerprint density at radius 3 is 2.11 bits per heavy atom. The van der Waals surface area contributed by atoms with Crippen LogP contribution in [0.15, 0.2) is 24.3 Å². The van der Waals surface area contributed by atoms with E-state index in [1.807, 2.05) is 45.0 Å². The molecule has 0 saturated heterocycles. The van der Waals surface area contributed by atoms with Crippen molar-refractivity contribution >= 4 is 17.6 Å². The highest BCUT2D eigenvalue weighted by atomic mass is 16.4. The minimum absolute atomic E-state index is 0.0470. The molecule has 0 radical (unpaired) electrons. The lowest BCUT2D eigenvalue weighted by Crippen LogP contribution is -2.36. The van der Waals surface area contributed by atoms with Gasteiger partial charge < -0.3 is 10.0 Å². The van der Waals surface area contributed by atoms with E-state index >= 15 is 0 Å². The Bertz CT molecular complexity index is 457. The first-order valence-electron chi connectivity index (χ1n) is 6.30. The topological polar surface area (TPSA) is 57.6 Å². The van der Waals surface area contributed by atoms with Gasteiger partial charge in [-0.3, -0.25) is 9.59 Å². The number of amides is 1. The standard InChI is InChI=1S/C15H21NO3/c1-15(2,3)14(19)16(4)12-8-5-11(6-9-12)7-10-13(17)18/h5-6,8-9H,7,10H2,1-4H3,(H,17,18). The van der Waals surface area contributed by atoms with Crippen LogP contribution in [0.2, 0.25) is 0 Å². The first kappa shape index (κ1) is 15.2. The summed E-state index contributed by atoms with van der Waals surface area (Å²) < 4.78 is 0. The zero-order valence-corrected chi connectivity index (χ0v) is 11.9. The normalized spacial score (nSPS) is 11.2. The van der Waals surface area contributed by atoms with E-state index in [2.05, 4.69) is 0 Å². The summed E-state index contributed by atoms with van der Waals surface area (Å²) >= 11 is 0. The van der Waals surface area contributed by atoms with Crippen LogP contribution in [-0.4, -0.2) is 24.0 Å². The van der Waals surface area contributed by atoms with Crippen molar-refractivity contribution in [2.75, 3.05) is 11.9 Å². The van der Waals surface area contributed by atoms with Crippen molar-refractivity contribution in [1.29, 1.82) is 0 Å². The minimum atomic E-state index is -0.802. The maximum absolute atomic E-state index is 12.1. The van der Waals surface area contributed by atoms with Crippen molar-refractivity contribution in [2.24, 2.45) is 5.41 Å². The van der Waals surface area contributed by atoms with E-state index in [1.165, 1.54) is 0 Å². The van der Waals surface area contributed by atoms with E-state index in [-0.39, 0.29) is 12.3 Å². The molecule has 4 nitrogen and oxygen atoms in total. The van der Waals surface area contributed by atoms with Crippen LogP contribution in [-0.2, 0) is 16.0 Å². The largest absolute Gasteiger partial charge is 0.481 e. The number of rotatable bonds is 4. The Hall–Kier alpha value is -1.84. The fraction of sp³-hybridized carbons (Fsp3) is 0.467. The van der Waals surface area contributed by atoms with Gasteiger partial charge in [-0.2, -0.15) is 0 Å². The van der Waals surface area contributed by atoms with Crippen LogP contribution in [0.3, 0.4) is 0 Å². The number of carboxylic acid groups (broad SMARTS) is 1. The number of nitrogens with zero attached hydrogens (tertiary/aromatic N) is 1. The van der Waals surface area contributed by atoms with Crippen molar-refractivity contribution in [3.05, 3.63) is 29.8 Å². The maximum atomic E-state index is 12.1. The van der Waals surface area contributed by atoms with Crippen LogP contribution >= 0.6 is 0 Å². The molecule has 0 aliphatic carbocycles. The Morgan fingerprint density at radius 1 is 1.16 bits per heavy atom. The van der Waals surface area contributed by atoms with Crippen molar-refractivity contribution in [3.63, 3.8) is 0 Å². The van der Waals surface area contributed by atoms with Gasteiger partial charge in [0.25, 0.3) is 0 Å². The second-order valence-corrected chi connectivity index (χ2v) is 5.67. The zero-order chi connectivity index (χ0) is 14.6. The minimum Gasteiger partial charge on any atom is -0.481 e. The number of carboxylic acids is 1. The SMILES string of the molecule is CN(C(=O)C(C)(C)C)c1ccc(CCC(=O)O)cc1. The molecule has 1 amide bonds. The number of hydrogen-bond acceptors (Lipinski definition) is 2. The number of benzene rings is 1. The molecule has 0 aliphatic heterocycles. The van der Waals surface area contributed by atoms with Gasteiger partial charge in [0.15, 0.2) is 0 Å². The van der Waals surface area contributed by atoms with Gasteiger partial charge in [0, 0.05) is 24.6 Å². The van der Waals surface area contributed by atoms with Crippen LogP contribution in [0.1, 0.15) is 32.8 Å².